The summed E-state index contributed by atoms with van der Waals surface area (Å²) in [5, 5.41) is 0. The summed E-state index contributed by atoms with van der Waals surface area (Å²) in [6.07, 6.45) is 3.29. The highest BCUT2D eigenvalue weighted by Gasteiger charge is 2.37. The highest BCUT2D eigenvalue weighted by atomic mass is 79.9. The molecular weight excluding hydrogens is 330 g/mol. The van der Waals surface area contributed by atoms with Crippen LogP contribution >= 0.6 is 15.9 Å². The third-order valence-corrected chi connectivity index (χ3v) is 5.84. The van der Waals surface area contributed by atoms with Crippen molar-refractivity contribution >= 4 is 31.8 Å². The number of halogens is 1. The molecule has 1 unspecified atom stereocenters. The Balaban J connectivity index is 2.45. The van der Waals surface area contributed by atoms with Crippen molar-refractivity contribution in [3.8, 4) is 0 Å². The normalized spacial score (nSPS) is 21.2. The molecule has 0 bridgehead atoms. The van der Waals surface area contributed by atoms with Crippen LogP contribution in [0.5, 0.6) is 0 Å². The summed E-state index contributed by atoms with van der Waals surface area (Å²) in [6.45, 7) is 4.64. The maximum atomic E-state index is 12.7. The van der Waals surface area contributed by atoms with Crippen molar-refractivity contribution in [2.45, 2.75) is 37.6 Å². The van der Waals surface area contributed by atoms with Gasteiger partial charge >= 0.3 is 0 Å². The smallest absolute Gasteiger partial charge is 0.247 e. The fourth-order valence-electron chi connectivity index (χ4n) is 2.49. The SMILES string of the molecule is CC(C)C1CCCN1S(=O)(=O)c1cc(Br)cnc1N. The number of hydrogen-bond acceptors (Lipinski definition) is 4. The molecule has 1 aromatic heterocycles. The lowest BCUT2D eigenvalue weighted by molar-refractivity contribution is 0.316. The van der Waals surface area contributed by atoms with Gasteiger partial charge in [-0.2, -0.15) is 4.31 Å². The van der Waals surface area contributed by atoms with Gasteiger partial charge in [-0.1, -0.05) is 13.8 Å². The average molecular weight is 348 g/mol. The molecule has 1 aromatic rings. The highest BCUT2D eigenvalue weighted by molar-refractivity contribution is 9.10. The average Bonchev–Trinajstić information content (AvgIpc) is 2.82. The Hall–Kier alpha value is -0.660. The number of hydrogen-bond donors (Lipinski definition) is 1. The van der Waals surface area contributed by atoms with E-state index in [1.54, 1.807) is 4.31 Å². The molecule has 2 rings (SSSR count). The molecule has 5 nitrogen and oxygen atoms in total. The van der Waals surface area contributed by atoms with Gasteiger partial charge in [-0.3, -0.25) is 0 Å². The van der Waals surface area contributed by atoms with Gasteiger partial charge in [-0.15, -0.1) is 0 Å². The van der Waals surface area contributed by atoms with Crippen molar-refractivity contribution < 1.29 is 8.42 Å². The summed E-state index contributed by atoms with van der Waals surface area (Å²) in [7, 11) is -3.57. The van der Waals surface area contributed by atoms with Crippen molar-refractivity contribution in [1.29, 1.82) is 0 Å². The molecule has 0 aromatic carbocycles. The van der Waals surface area contributed by atoms with E-state index >= 15 is 0 Å². The molecule has 2 heterocycles. The van der Waals surface area contributed by atoms with Crippen LogP contribution in [-0.4, -0.2) is 30.3 Å². The van der Waals surface area contributed by atoms with Crippen molar-refractivity contribution in [2.24, 2.45) is 5.92 Å². The highest BCUT2D eigenvalue weighted by Crippen LogP contribution is 2.32. The maximum absolute atomic E-state index is 12.7. The van der Waals surface area contributed by atoms with E-state index in [2.05, 4.69) is 20.9 Å². The summed E-state index contributed by atoms with van der Waals surface area (Å²) in [5.74, 6) is 0.344. The van der Waals surface area contributed by atoms with E-state index in [0.717, 1.165) is 12.8 Å². The number of nitrogen functional groups attached to an aromatic ring is 1. The second-order valence-corrected chi connectivity index (χ2v) is 7.88. The number of nitrogens with two attached hydrogens (primary N) is 1. The van der Waals surface area contributed by atoms with Crippen LogP contribution in [0.1, 0.15) is 26.7 Å². The Morgan fingerprint density at radius 1 is 1.53 bits per heavy atom. The predicted octanol–water partition coefficient (Wildman–Crippen LogP) is 2.24. The molecule has 1 saturated heterocycles. The third kappa shape index (κ3) is 2.78. The molecule has 0 saturated carbocycles. The molecule has 1 fully saturated rings. The molecule has 0 spiro atoms. The van der Waals surface area contributed by atoms with Gasteiger partial charge < -0.3 is 5.73 Å². The number of sulfonamides is 1. The minimum Gasteiger partial charge on any atom is -0.383 e. The van der Waals surface area contributed by atoms with Gasteiger partial charge in [0.25, 0.3) is 0 Å². The Morgan fingerprint density at radius 2 is 2.21 bits per heavy atom. The summed E-state index contributed by atoms with van der Waals surface area (Å²) in [6, 6.07) is 1.57. The lowest BCUT2D eigenvalue weighted by Gasteiger charge is -2.27. The molecular formula is C12H18BrN3O2S. The lowest BCUT2D eigenvalue weighted by Crippen LogP contribution is -2.38. The third-order valence-electron chi connectivity index (χ3n) is 3.45. The Bertz CT molecular complexity index is 574. The summed E-state index contributed by atoms with van der Waals surface area (Å²) in [4.78, 5) is 4.00. The number of pyridine rings is 1. The largest absolute Gasteiger partial charge is 0.383 e. The van der Waals surface area contributed by atoms with Crippen molar-refractivity contribution in [1.82, 2.24) is 9.29 Å². The van der Waals surface area contributed by atoms with E-state index in [4.69, 9.17) is 5.73 Å². The van der Waals surface area contributed by atoms with Crippen LogP contribution in [0, 0.1) is 5.92 Å². The molecule has 2 N–H and O–H groups in total. The van der Waals surface area contributed by atoms with Crippen LogP contribution in [0.25, 0.3) is 0 Å². The molecule has 106 valence electrons. The van der Waals surface area contributed by atoms with Crippen molar-refractivity contribution in [3.63, 3.8) is 0 Å². The van der Waals surface area contributed by atoms with Gasteiger partial charge in [0.1, 0.15) is 10.7 Å². The van der Waals surface area contributed by atoms with Gasteiger partial charge in [0.15, 0.2) is 0 Å². The minimum absolute atomic E-state index is 0.0448. The van der Waals surface area contributed by atoms with Crippen LogP contribution in [0.4, 0.5) is 5.82 Å². The molecule has 1 aliphatic rings. The molecule has 7 heteroatoms. The van der Waals surface area contributed by atoms with E-state index in [1.807, 2.05) is 13.8 Å². The van der Waals surface area contributed by atoms with Gasteiger partial charge in [0.2, 0.25) is 10.0 Å². The van der Waals surface area contributed by atoms with Crippen LogP contribution in [0.3, 0.4) is 0 Å². The van der Waals surface area contributed by atoms with Crippen LogP contribution in [0.2, 0.25) is 0 Å². The Morgan fingerprint density at radius 3 is 2.84 bits per heavy atom. The molecule has 0 radical (unpaired) electrons. The Labute approximate surface area is 122 Å². The zero-order chi connectivity index (χ0) is 14.2. The van der Waals surface area contributed by atoms with Crippen LogP contribution < -0.4 is 5.73 Å². The van der Waals surface area contributed by atoms with E-state index in [-0.39, 0.29) is 16.8 Å². The van der Waals surface area contributed by atoms with Crippen LogP contribution in [0.15, 0.2) is 21.6 Å². The zero-order valence-electron chi connectivity index (χ0n) is 11.0. The zero-order valence-corrected chi connectivity index (χ0v) is 13.4. The fourth-order valence-corrected chi connectivity index (χ4v) is 4.90. The van der Waals surface area contributed by atoms with Gasteiger partial charge in [-0.25, -0.2) is 13.4 Å². The first kappa shape index (κ1) is 14.7. The predicted molar refractivity (Wildman–Crippen MR) is 78.1 cm³/mol. The standard InChI is InChI=1S/C12H18BrN3O2S/c1-8(2)10-4-3-5-16(10)19(17,18)11-6-9(13)7-15-12(11)14/h6-8,10H,3-5H2,1-2H3,(H2,14,15). The van der Waals surface area contributed by atoms with E-state index < -0.39 is 10.0 Å². The first-order valence-electron chi connectivity index (χ1n) is 6.27. The second-order valence-electron chi connectivity index (χ2n) is 5.11. The van der Waals surface area contributed by atoms with Crippen LogP contribution in [-0.2, 0) is 10.0 Å². The summed E-state index contributed by atoms with van der Waals surface area (Å²) in [5.41, 5.74) is 5.73. The van der Waals surface area contributed by atoms with E-state index in [1.165, 1.54) is 12.3 Å². The molecule has 0 aliphatic carbocycles. The lowest BCUT2D eigenvalue weighted by atomic mass is 10.0. The van der Waals surface area contributed by atoms with E-state index in [9.17, 15) is 8.42 Å². The summed E-state index contributed by atoms with van der Waals surface area (Å²) >= 11 is 3.24. The molecule has 1 atom stereocenters. The number of nitrogens with zero attached hydrogens (tertiary/aromatic N) is 2. The van der Waals surface area contributed by atoms with Crippen molar-refractivity contribution in [3.05, 3.63) is 16.7 Å². The number of rotatable bonds is 3. The first-order chi connectivity index (χ1) is 8.84. The molecule has 19 heavy (non-hydrogen) atoms. The maximum Gasteiger partial charge on any atom is 0.247 e. The van der Waals surface area contributed by atoms with Gasteiger partial charge in [-0.05, 0) is 40.8 Å². The minimum atomic E-state index is -3.57. The van der Waals surface area contributed by atoms with Gasteiger partial charge in [0, 0.05) is 23.3 Å². The van der Waals surface area contributed by atoms with E-state index in [0.29, 0.717) is 16.9 Å². The monoisotopic (exact) mass is 347 g/mol. The Kier molecular flexibility index (Phi) is 4.17. The first-order valence-corrected chi connectivity index (χ1v) is 8.50. The number of anilines is 1. The molecule has 1 aliphatic heterocycles. The summed E-state index contributed by atoms with van der Waals surface area (Å²) < 4.78 is 27.6. The van der Waals surface area contributed by atoms with Gasteiger partial charge in [0.05, 0.1) is 0 Å². The molecule has 0 amide bonds. The fraction of sp³-hybridized carbons (Fsp3) is 0.583. The number of aromatic nitrogens is 1. The topological polar surface area (TPSA) is 76.3 Å². The van der Waals surface area contributed by atoms with Crippen molar-refractivity contribution in [2.75, 3.05) is 12.3 Å². The quantitative estimate of drug-likeness (QED) is 0.909. The second kappa shape index (κ2) is 5.38.